The molecule has 7 heteroatoms. The summed E-state index contributed by atoms with van der Waals surface area (Å²) in [6.07, 6.45) is 7.93. The van der Waals surface area contributed by atoms with Gasteiger partial charge in [0.25, 0.3) is 0 Å². The molecule has 1 aromatic heterocycles. The lowest BCUT2D eigenvalue weighted by Gasteiger charge is -2.37. The number of rotatable bonds is 6. The Morgan fingerprint density at radius 1 is 1.18 bits per heavy atom. The Morgan fingerprint density at radius 2 is 2.06 bits per heavy atom. The molecule has 0 N–H and O–H groups in total. The molecule has 5 rings (SSSR count). The minimum atomic E-state index is -0.0914. The van der Waals surface area contributed by atoms with Gasteiger partial charge in [0.2, 0.25) is 0 Å². The molecule has 1 atom stereocenters. The molecule has 1 saturated heterocycles. The van der Waals surface area contributed by atoms with Crippen molar-refractivity contribution in [2.24, 2.45) is 5.16 Å². The molecule has 0 amide bonds. The smallest absolute Gasteiger partial charge is 0.178 e. The minimum Gasteiger partial charge on any atom is -0.495 e. The zero-order valence-corrected chi connectivity index (χ0v) is 19.0. The minimum absolute atomic E-state index is 0.0914. The Bertz CT molecular complexity index is 1170. The molecule has 2 aromatic carbocycles. The second kappa shape index (κ2) is 9.40. The zero-order chi connectivity index (χ0) is 22.6. The quantitative estimate of drug-likeness (QED) is 0.562. The summed E-state index contributed by atoms with van der Waals surface area (Å²) < 4.78 is 13.5. The van der Waals surface area contributed by atoms with Gasteiger partial charge < -0.3 is 23.8 Å². The third-order valence-electron chi connectivity index (χ3n) is 5.89. The second-order valence-electron chi connectivity index (χ2n) is 8.34. The van der Waals surface area contributed by atoms with Gasteiger partial charge in [0.1, 0.15) is 18.1 Å². The highest BCUT2D eigenvalue weighted by Gasteiger charge is 2.30. The predicted octanol–water partition coefficient (Wildman–Crippen LogP) is 4.46. The number of aryl methyl sites for hydroxylation is 1. The normalized spacial score (nSPS) is 19.0. The summed E-state index contributed by atoms with van der Waals surface area (Å²) in [5.41, 5.74) is 4.18. The van der Waals surface area contributed by atoms with E-state index in [0.29, 0.717) is 6.61 Å². The highest BCUT2D eigenvalue weighted by atomic mass is 16.7. The van der Waals surface area contributed by atoms with Gasteiger partial charge in [0, 0.05) is 12.7 Å². The Hall–Kier alpha value is -3.74. The molecule has 0 saturated carbocycles. The highest BCUT2D eigenvalue weighted by Crippen LogP contribution is 2.29. The lowest BCUT2D eigenvalue weighted by atomic mass is 9.99. The number of methoxy groups -OCH3 is 1. The van der Waals surface area contributed by atoms with Crippen LogP contribution in [0.3, 0.4) is 0 Å². The maximum absolute atomic E-state index is 5.87. The van der Waals surface area contributed by atoms with Crippen molar-refractivity contribution < 1.29 is 14.3 Å². The summed E-state index contributed by atoms with van der Waals surface area (Å²) in [4.78, 5) is 12.4. The first kappa shape index (κ1) is 21.1. The van der Waals surface area contributed by atoms with Crippen LogP contribution in [0, 0.1) is 6.92 Å². The molecule has 2 aliphatic rings. The van der Waals surface area contributed by atoms with Crippen molar-refractivity contribution in [3.05, 3.63) is 77.9 Å². The summed E-state index contributed by atoms with van der Waals surface area (Å²) in [5.74, 6) is 2.57. The average Bonchev–Trinajstić information content (AvgIpc) is 3.29. The number of imidazole rings is 1. The largest absolute Gasteiger partial charge is 0.495 e. The zero-order valence-electron chi connectivity index (χ0n) is 19.0. The molecular formula is C26H28N4O3. The van der Waals surface area contributed by atoms with Gasteiger partial charge in [0.15, 0.2) is 11.9 Å². The first-order valence-corrected chi connectivity index (χ1v) is 11.3. The Kier molecular flexibility index (Phi) is 6.02. The standard InChI is InChI=1S/C26H28N4O3/c1-19-15-30(18-27-19)24-11-10-20(14-25(24)31-2)13-21-7-6-12-29-16-23(33-28-26(21)29)17-32-22-8-4-3-5-9-22/h3-5,8-11,13-15,18,23H,6-7,12,16-17H2,1-2H3. The third kappa shape index (κ3) is 4.72. The van der Waals surface area contributed by atoms with Gasteiger partial charge in [-0.25, -0.2) is 4.98 Å². The topological polar surface area (TPSA) is 61.1 Å². The van der Waals surface area contributed by atoms with Crippen LogP contribution in [0.1, 0.15) is 24.1 Å². The molecule has 0 aliphatic carbocycles. The van der Waals surface area contributed by atoms with Crippen LogP contribution >= 0.6 is 0 Å². The molecule has 33 heavy (non-hydrogen) atoms. The number of piperidine rings is 1. The number of hydrogen-bond acceptors (Lipinski definition) is 6. The van der Waals surface area contributed by atoms with Crippen molar-refractivity contribution in [2.45, 2.75) is 25.9 Å². The number of benzene rings is 2. The van der Waals surface area contributed by atoms with E-state index in [1.807, 2.05) is 48.0 Å². The Labute approximate surface area is 193 Å². The molecular weight excluding hydrogens is 416 g/mol. The molecule has 3 heterocycles. The number of amidine groups is 1. The number of nitrogens with zero attached hydrogens (tertiary/aromatic N) is 4. The number of oxime groups is 1. The molecule has 2 aliphatic heterocycles. The van der Waals surface area contributed by atoms with E-state index >= 15 is 0 Å². The molecule has 1 unspecified atom stereocenters. The SMILES string of the molecule is COc1cc(C=C2CCCN3CC(COc4ccccc4)ON=C23)ccc1-n1cnc(C)c1. The molecule has 0 bridgehead atoms. The van der Waals surface area contributed by atoms with Crippen LogP contribution in [0.4, 0.5) is 0 Å². The van der Waals surface area contributed by atoms with Gasteiger partial charge in [-0.15, -0.1) is 0 Å². The first-order chi connectivity index (χ1) is 16.2. The van der Waals surface area contributed by atoms with Crippen LogP contribution in [0.2, 0.25) is 0 Å². The predicted molar refractivity (Wildman–Crippen MR) is 128 cm³/mol. The fourth-order valence-electron chi connectivity index (χ4n) is 4.26. The van der Waals surface area contributed by atoms with Crippen molar-refractivity contribution in [1.82, 2.24) is 14.5 Å². The third-order valence-corrected chi connectivity index (χ3v) is 5.89. The van der Waals surface area contributed by atoms with Crippen LogP contribution in [-0.2, 0) is 4.84 Å². The van der Waals surface area contributed by atoms with E-state index in [4.69, 9.17) is 14.3 Å². The summed E-state index contributed by atoms with van der Waals surface area (Å²) >= 11 is 0. The van der Waals surface area contributed by atoms with Crippen LogP contribution in [0.5, 0.6) is 11.5 Å². The number of ether oxygens (including phenoxy) is 2. The van der Waals surface area contributed by atoms with Crippen LogP contribution in [-0.4, -0.2) is 53.2 Å². The van der Waals surface area contributed by atoms with E-state index in [9.17, 15) is 0 Å². The van der Waals surface area contributed by atoms with Gasteiger partial charge >= 0.3 is 0 Å². The number of fused-ring (bicyclic) bond motifs is 1. The maximum Gasteiger partial charge on any atom is 0.178 e. The lowest BCUT2D eigenvalue weighted by molar-refractivity contribution is -0.00781. The molecule has 3 aromatic rings. The van der Waals surface area contributed by atoms with Crippen molar-refractivity contribution in [3.8, 4) is 17.2 Å². The summed E-state index contributed by atoms with van der Waals surface area (Å²) in [7, 11) is 1.69. The van der Waals surface area contributed by atoms with E-state index in [-0.39, 0.29) is 6.10 Å². The van der Waals surface area contributed by atoms with Crippen LogP contribution in [0.25, 0.3) is 11.8 Å². The maximum atomic E-state index is 5.87. The van der Waals surface area contributed by atoms with Gasteiger partial charge in [-0.2, -0.15) is 0 Å². The summed E-state index contributed by atoms with van der Waals surface area (Å²) in [6, 6.07) is 16.0. The van der Waals surface area contributed by atoms with E-state index in [0.717, 1.165) is 60.2 Å². The monoisotopic (exact) mass is 444 g/mol. The van der Waals surface area contributed by atoms with Gasteiger partial charge in [-0.1, -0.05) is 29.4 Å². The van der Waals surface area contributed by atoms with Gasteiger partial charge in [-0.3, -0.25) is 0 Å². The average molecular weight is 445 g/mol. The Morgan fingerprint density at radius 3 is 2.85 bits per heavy atom. The van der Waals surface area contributed by atoms with Gasteiger partial charge in [-0.05, 0) is 61.2 Å². The molecule has 0 spiro atoms. The van der Waals surface area contributed by atoms with Crippen LogP contribution in [0.15, 0.2) is 71.8 Å². The summed E-state index contributed by atoms with van der Waals surface area (Å²) in [6.45, 7) is 4.19. The van der Waals surface area contributed by atoms with E-state index in [1.165, 1.54) is 5.57 Å². The highest BCUT2D eigenvalue weighted by molar-refractivity contribution is 6.02. The molecule has 170 valence electrons. The van der Waals surface area contributed by atoms with Crippen LogP contribution < -0.4 is 9.47 Å². The first-order valence-electron chi connectivity index (χ1n) is 11.3. The fourth-order valence-corrected chi connectivity index (χ4v) is 4.26. The Balaban J connectivity index is 1.32. The van der Waals surface area contributed by atoms with Crippen molar-refractivity contribution in [2.75, 3.05) is 26.8 Å². The van der Waals surface area contributed by atoms with Crippen molar-refractivity contribution in [1.29, 1.82) is 0 Å². The van der Waals surface area contributed by atoms with Crippen molar-refractivity contribution in [3.63, 3.8) is 0 Å². The summed E-state index contributed by atoms with van der Waals surface area (Å²) in [5, 5.41) is 4.48. The van der Waals surface area contributed by atoms with E-state index in [1.54, 1.807) is 13.4 Å². The number of para-hydroxylation sites is 1. The van der Waals surface area contributed by atoms with Crippen molar-refractivity contribution >= 4 is 11.9 Å². The van der Waals surface area contributed by atoms with E-state index < -0.39 is 0 Å². The fraction of sp³-hybridized carbons (Fsp3) is 0.308. The van der Waals surface area contributed by atoms with Gasteiger partial charge in [0.05, 0.1) is 31.4 Å². The number of aromatic nitrogens is 2. The second-order valence-corrected chi connectivity index (χ2v) is 8.34. The molecule has 1 fully saturated rings. The molecule has 7 nitrogen and oxygen atoms in total. The lowest BCUT2D eigenvalue weighted by Crippen LogP contribution is -2.47. The molecule has 0 radical (unpaired) electrons. The number of hydrogen-bond donors (Lipinski definition) is 0. The van der Waals surface area contributed by atoms with E-state index in [2.05, 4.69) is 39.3 Å².